The normalized spacial score (nSPS) is 18.6. The Balaban J connectivity index is 1.71. The maximum Gasteiger partial charge on any atom is 0.333 e. The molecule has 0 aliphatic heterocycles. The second-order valence-corrected chi connectivity index (χ2v) is 15.2. The lowest BCUT2D eigenvalue weighted by Gasteiger charge is -2.36. The van der Waals surface area contributed by atoms with E-state index >= 15 is 0 Å². The number of fused-ring (bicyclic) bond motifs is 5. The number of ether oxygens (including phenoxy) is 4. The third-order valence-corrected chi connectivity index (χ3v) is 10.6. The molecule has 3 aliphatic rings. The van der Waals surface area contributed by atoms with Gasteiger partial charge in [0.15, 0.2) is 0 Å². The topological polar surface area (TPSA) is 204 Å². The number of imide groups is 2. The first-order valence-electron chi connectivity index (χ1n) is 19.6. The average molecular weight is 811 g/mol. The van der Waals surface area contributed by atoms with Gasteiger partial charge in [0.25, 0.3) is 0 Å². The number of amides is 6. The second kappa shape index (κ2) is 21.8. The van der Waals surface area contributed by atoms with Crippen molar-refractivity contribution in [2.24, 2.45) is 17.3 Å². The molecule has 3 atom stereocenters. The van der Waals surface area contributed by atoms with E-state index in [-0.39, 0.29) is 99.1 Å². The van der Waals surface area contributed by atoms with Crippen molar-refractivity contribution in [2.45, 2.75) is 85.5 Å². The largest absolute Gasteiger partial charge is 0.462 e. The Morgan fingerprint density at radius 1 is 0.638 bits per heavy atom. The summed E-state index contributed by atoms with van der Waals surface area (Å²) in [5.41, 5.74) is 3.14. The van der Waals surface area contributed by atoms with E-state index in [0.29, 0.717) is 18.8 Å². The number of allylic oxidation sites excluding steroid dienone is 1. The maximum atomic E-state index is 13.4. The number of hydrogen-bond acceptors (Lipinski definition) is 12. The molecule has 0 saturated heterocycles. The summed E-state index contributed by atoms with van der Waals surface area (Å²) in [7, 11) is 0. The van der Waals surface area contributed by atoms with E-state index in [4.69, 9.17) is 18.9 Å². The van der Waals surface area contributed by atoms with E-state index in [1.54, 1.807) is 0 Å². The van der Waals surface area contributed by atoms with Gasteiger partial charge in [0.05, 0.1) is 25.9 Å². The minimum atomic E-state index is -0.668. The van der Waals surface area contributed by atoms with E-state index in [9.17, 15) is 38.4 Å². The summed E-state index contributed by atoms with van der Waals surface area (Å²) in [5, 5.41) is 5.28. The summed E-state index contributed by atoms with van der Waals surface area (Å²) >= 11 is 0. The molecule has 2 bridgehead atoms. The molecule has 6 amide bonds. The number of nitrogens with zero attached hydrogens (tertiary/aromatic N) is 2. The molecule has 2 N–H and O–H groups in total. The van der Waals surface area contributed by atoms with Gasteiger partial charge in [-0.25, -0.2) is 28.8 Å². The molecule has 318 valence electrons. The fourth-order valence-electron chi connectivity index (χ4n) is 7.76. The fourth-order valence-corrected chi connectivity index (χ4v) is 7.76. The van der Waals surface area contributed by atoms with Crippen LogP contribution in [0.15, 0.2) is 59.8 Å². The number of hydrogen-bond donors (Lipinski definition) is 2. The van der Waals surface area contributed by atoms with Crippen molar-refractivity contribution >= 4 is 47.8 Å². The Labute approximate surface area is 340 Å². The Bertz CT molecular complexity index is 1730. The van der Waals surface area contributed by atoms with Gasteiger partial charge >= 0.3 is 35.9 Å². The molecule has 0 aromatic heterocycles. The molecular formula is C42H58N4O12. The maximum absolute atomic E-state index is 13.4. The molecule has 0 aromatic carbocycles. The molecule has 3 aliphatic carbocycles. The van der Waals surface area contributed by atoms with Gasteiger partial charge in [0, 0.05) is 35.4 Å². The highest BCUT2D eigenvalue weighted by molar-refractivity contribution is 5.95. The number of esters is 4. The number of rotatable bonds is 22. The molecule has 16 nitrogen and oxygen atoms in total. The van der Waals surface area contributed by atoms with Gasteiger partial charge in [-0.15, -0.1) is 0 Å². The van der Waals surface area contributed by atoms with Crippen LogP contribution in [0.3, 0.4) is 0 Å². The summed E-state index contributed by atoms with van der Waals surface area (Å²) < 4.78 is 20.3. The zero-order valence-corrected chi connectivity index (χ0v) is 34.3. The first-order valence-corrected chi connectivity index (χ1v) is 19.6. The van der Waals surface area contributed by atoms with Crippen LogP contribution in [0.1, 0.15) is 85.5 Å². The number of carbonyl (C=O) groups excluding carboxylic acids is 8. The van der Waals surface area contributed by atoms with Crippen LogP contribution in [0.25, 0.3) is 0 Å². The number of nitrogens with one attached hydrogen (secondary N) is 2. The highest BCUT2D eigenvalue weighted by atomic mass is 16.5. The zero-order valence-electron chi connectivity index (χ0n) is 34.3. The standard InChI is InChI=1S/C42H58N4O12/c1-26(2)36(49)55-21-13-33(47)45(40(53)43-17-23-57-38(51)28(5)6)19-12-30-9-10-32-35(30)31-11-15-42(32,25-31)16-20-46(34(48)14-22-56-37(50)27(3)4)41(54)44-18-24-58-39(52)29(7)8/h31-32H,1,3,5,7,9-25H2,2,4,6,8H3,(H,43,53)(H,44,54). The van der Waals surface area contributed by atoms with Gasteiger partial charge < -0.3 is 29.6 Å². The Morgan fingerprint density at radius 2 is 1.07 bits per heavy atom. The van der Waals surface area contributed by atoms with Gasteiger partial charge in [0.1, 0.15) is 26.4 Å². The quantitative estimate of drug-likeness (QED) is 0.0506. The molecule has 58 heavy (non-hydrogen) atoms. The van der Waals surface area contributed by atoms with Gasteiger partial charge in [-0.05, 0) is 89.9 Å². The first-order chi connectivity index (χ1) is 27.4. The molecule has 16 heteroatoms. The highest BCUT2D eigenvalue weighted by Gasteiger charge is 2.56. The van der Waals surface area contributed by atoms with Gasteiger partial charge in [0.2, 0.25) is 11.8 Å². The monoisotopic (exact) mass is 810 g/mol. The molecule has 0 radical (unpaired) electrons. The summed E-state index contributed by atoms with van der Waals surface area (Å²) in [5.74, 6) is -3.03. The van der Waals surface area contributed by atoms with Crippen LogP contribution >= 0.6 is 0 Å². The molecular weight excluding hydrogens is 752 g/mol. The van der Waals surface area contributed by atoms with E-state index in [1.165, 1.54) is 38.8 Å². The van der Waals surface area contributed by atoms with Crippen LogP contribution < -0.4 is 10.6 Å². The van der Waals surface area contributed by atoms with Crippen LogP contribution in [0, 0.1) is 17.3 Å². The summed E-state index contributed by atoms with van der Waals surface area (Å²) in [6.07, 6.45) is 4.91. The predicted molar refractivity (Wildman–Crippen MR) is 211 cm³/mol. The van der Waals surface area contributed by atoms with Crippen LogP contribution in [0.5, 0.6) is 0 Å². The van der Waals surface area contributed by atoms with Gasteiger partial charge in [-0.2, -0.15) is 0 Å². The average Bonchev–Trinajstić information content (AvgIpc) is 3.88. The third kappa shape index (κ3) is 13.0. The van der Waals surface area contributed by atoms with Crippen LogP contribution in [0.2, 0.25) is 0 Å². The van der Waals surface area contributed by atoms with E-state index < -0.39 is 47.8 Å². The zero-order chi connectivity index (χ0) is 43.2. The second-order valence-electron chi connectivity index (χ2n) is 15.2. The van der Waals surface area contributed by atoms with Crippen molar-refractivity contribution in [1.29, 1.82) is 0 Å². The first kappa shape index (κ1) is 46.8. The Morgan fingerprint density at radius 3 is 1.52 bits per heavy atom. The number of carbonyl (C=O) groups is 8. The summed E-state index contributed by atoms with van der Waals surface area (Å²) in [6, 6.07) is -1.32. The molecule has 0 spiro atoms. The molecule has 0 aromatic rings. The van der Waals surface area contributed by atoms with Crippen molar-refractivity contribution in [3.63, 3.8) is 0 Å². The Hall–Kier alpha value is -5.54. The van der Waals surface area contributed by atoms with Crippen molar-refractivity contribution in [3.05, 3.63) is 59.8 Å². The van der Waals surface area contributed by atoms with E-state index in [0.717, 1.165) is 41.9 Å². The number of urea groups is 2. The highest BCUT2D eigenvalue weighted by Crippen LogP contribution is 2.66. The fraction of sp³-hybridized carbons (Fsp3) is 0.571. The molecule has 0 heterocycles. The molecule has 2 saturated carbocycles. The summed E-state index contributed by atoms with van der Waals surface area (Å²) in [6.45, 7) is 19.6. The SMILES string of the molecule is C=C(C)C(=O)OCCNC(=O)N(CCC1=C2C3CCC(CCN(C(=O)CCOC(=O)C(=C)C)C(=O)NCCOC(=O)C(=C)C)(C3)C2CC1)C(=O)CCOC(=O)C(=C)C. The third-order valence-electron chi connectivity index (χ3n) is 10.6. The van der Waals surface area contributed by atoms with Crippen LogP contribution in [-0.2, 0) is 47.7 Å². The van der Waals surface area contributed by atoms with Crippen molar-refractivity contribution in [2.75, 3.05) is 52.6 Å². The Kier molecular flexibility index (Phi) is 17.6. The lowest BCUT2D eigenvalue weighted by molar-refractivity contribution is -0.142. The van der Waals surface area contributed by atoms with Crippen molar-refractivity contribution in [3.8, 4) is 0 Å². The smallest absolute Gasteiger partial charge is 0.333 e. The van der Waals surface area contributed by atoms with Gasteiger partial charge in [-0.3, -0.25) is 19.4 Å². The van der Waals surface area contributed by atoms with E-state index in [1.807, 2.05) is 0 Å². The summed E-state index contributed by atoms with van der Waals surface area (Å²) in [4.78, 5) is 103. The molecule has 3 rings (SSSR count). The minimum Gasteiger partial charge on any atom is -0.462 e. The minimum absolute atomic E-state index is 0.0297. The van der Waals surface area contributed by atoms with E-state index in [2.05, 4.69) is 36.9 Å². The lowest BCUT2D eigenvalue weighted by atomic mass is 9.71. The molecule has 3 unspecified atom stereocenters. The van der Waals surface area contributed by atoms with Crippen molar-refractivity contribution in [1.82, 2.24) is 20.4 Å². The van der Waals surface area contributed by atoms with Crippen molar-refractivity contribution < 1.29 is 57.3 Å². The van der Waals surface area contributed by atoms with Gasteiger partial charge in [-0.1, -0.05) is 37.5 Å². The lowest BCUT2D eigenvalue weighted by Crippen LogP contribution is -2.47. The predicted octanol–water partition coefficient (Wildman–Crippen LogP) is 4.61. The van der Waals surface area contributed by atoms with Crippen LogP contribution in [-0.4, -0.2) is 110 Å². The van der Waals surface area contributed by atoms with Crippen LogP contribution in [0.4, 0.5) is 9.59 Å². The molecule has 2 fully saturated rings.